The highest BCUT2D eigenvalue weighted by Crippen LogP contribution is 2.33. The van der Waals surface area contributed by atoms with Crippen LogP contribution in [0.15, 0.2) is 53.4 Å². The molecule has 2 rings (SSSR count). The molecule has 0 aliphatic heterocycles. The number of sulfone groups is 1. The van der Waals surface area contributed by atoms with Crippen LogP contribution in [0.3, 0.4) is 0 Å². The molecule has 0 saturated carbocycles. The summed E-state index contributed by atoms with van der Waals surface area (Å²) in [5, 5.41) is 7.66. The summed E-state index contributed by atoms with van der Waals surface area (Å²) < 4.78 is 36.5. The van der Waals surface area contributed by atoms with Gasteiger partial charge in [0.2, 0.25) is 5.91 Å². The maximum Gasteiger partial charge on any atom is 0.244 e. The van der Waals surface area contributed by atoms with Crippen LogP contribution in [-0.2, 0) is 14.6 Å². The number of nitrogens with one attached hydrogen (secondary N) is 1. The Hall–Kier alpha value is -2.58. The molecule has 2 aromatic rings. The highest BCUT2D eigenvalue weighted by atomic mass is 32.2. The van der Waals surface area contributed by atoms with Crippen LogP contribution in [0, 0.1) is 0 Å². The monoisotopic (exact) mass is 379 g/mol. The van der Waals surface area contributed by atoms with E-state index >= 15 is 0 Å². The third-order valence-corrected chi connectivity index (χ3v) is 5.94. The molecule has 0 aromatic heterocycles. The van der Waals surface area contributed by atoms with Gasteiger partial charge in [-0.25, -0.2) is 13.9 Å². The van der Waals surface area contributed by atoms with E-state index in [4.69, 9.17) is 14.7 Å². The summed E-state index contributed by atoms with van der Waals surface area (Å²) in [5.41, 5.74) is 1.91. The van der Waals surface area contributed by atoms with Crippen molar-refractivity contribution < 1.29 is 27.9 Å². The Morgan fingerprint density at radius 1 is 1.08 bits per heavy atom. The van der Waals surface area contributed by atoms with Crippen LogP contribution in [0.5, 0.6) is 11.5 Å². The number of methoxy groups -OCH3 is 1. The van der Waals surface area contributed by atoms with Crippen molar-refractivity contribution in [3.8, 4) is 11.5 Å². The molecule has 8 heteroatoms. The summed E-state index contributed by atoms with van der Waals surface area (Å²) in [6, 6.07) is 12.4. The van der Waals surface area contributed by atoms with Crippen LogP contribution in [0.1, 0.15) is 24.2 Å². The molecule has 1 amide bonds. The minimum Gasteiger partial charge on any atom is -0.497 e. The summed E-state index contributed by atoms with van der Waals surface area (Å²) in [7, 11) is -2.39. The third-order valence-electron chi connectivity index (χ3n) is 3.82. The first-order chi connectivity index (χ1) is 12.4. The van der Waals surface area contributed by atoms with Crippen LogP contribution in [0.2, 0.25) is 0 Å². The molecule has 2 N–H and O–H groups in total. The smallest absolute Gasteiger partial charge is 0.244 e. The van der Waals surface area contributed by atoms with Crippen LogP contribution >= 0.6 is 0 Å². The fraction of sp³-hybridized carbons (Fsp3) is 0.278. The molecule has 0 aliphatic rings. The number of rotatable bonds is 8. The van der Waals surface area contributed by atoms with Gasteiger partial charge in [-0.15, -0.1) is 0 Å². The maximum atomic E-state index is 13.1. The Morgan fingerprint density at radius 3 is 2.15 bits per heavy atom. The predicted molar refractivity (Wildman–Crippen MR) is 95.1 cm³/mol. The summed E-state index contributed by atoms with van der Waals surface area (Å²) in [5.74, 6) is 0.332. The van der Waals surface area contributed by atoms with Gasteiger partial charge in [0.05, 0.1) is 23.9 Å². The molecule has 7 nitrogen and oxygen atoms in total. The zero-order valence-electron chi connectivity index (χ0n) is 14.5. The van der Waals surface area contributed by atoms with E-state index in [0.717, 1.165) is 0 Å². The van der Waals surface area contributed by atoms with Crippen molar-refractivity contribution in [1.29, 1.82) is 0 Å². The number of benzene rings is 2. The molecule has 2 aromatic carbocycles. The van der Waals surface area contributed by atoms with E-state index in [1.165, 1.54) is 36.9 Å². The molecule has 0 saturated heterocycles. The summed E-state index contributed by atoms with van der Waals surface area (Å²) in [6.07, 6.45) is -0.418. The molecule has 0 spiro atoms. The van der Waals surface area contributed by atoms with Gasteiger partial charge in [-0.05, 0) is 48.9 Å². The minimum absolute atomic E-state index is 0.0583. The van der Waals surface area contributed by atoms with Gasteiger partial charge in [-0.1, -0.05) is 12.1 Å². The topological polar surface area (TPSA) is 102 Å². The normalized spacial score (nSPS) is 12.3. The van der Waals surface area contributed by atoms with Gasteiger partial charge in [-0.2, -0.15) is 0 Å². The van der Waals surface area contributed by atoms with Crippen molar-refractivity contribution >= 4 is 15.7 Å². The fourth-order valence-electron chi connectivity index (χ4n) is 2.50. The standard InChI is InChI=1S/C18H21NO6S/c1-3-25-15-6-4-13(5-7-15)17(12-18(20)19-21)26(22,23)16-10-8-14(24-2)9-11-16/h4-11,17,21H,3,12H2,1-2H3,(H,19,20). The van der Waals surface area contributed by atoms with Gasteiger partial charge in [0, 0.05) is 6.42 Å². The number of hydroxylamine groups is 1. The molecule has 0 aliphatic carbocycles. The minimum atomic E-state index is -3.88. The Labute approximate surface area is 152 Å². The molecule has 26 heavy (non-hydrogen) atoms. The molecule has 0 radical (unpaired) electrons. The van der Waals surface area contributed by atoms with E-state index in [1.54, 1.807) is 24.3 Å². The van der Waals surface area contributed by atoms with Crippen molar-refractivity contribution in [2.24, 2.45) is 0 Å². The lowest BCUT2D eigenvalue weighted by molar-refractivity contribution is -0.129. The number of hydrogen-bond acceptors (Lipinski definition) is 6. The molecule has 140 valence electrons. The van der Waals surface area contributed by atoms with Gasteiger partial charge >= 0.3 is 0 Å². The number of ether oxygens (including phenoxy) is 2. The summed E-state index contributed by atoms with van der Waals surface area (Å²) in [6.45, 7) is 2.33. The van der Waals surface area contributed by atoms with Crippen LogP contribution in [0.4, 0.5) is 0 Å². The lowest BCUT2D eigenvalue weighted by Crippen LogP contribution is -2.25. The van der Waals surface area contributed by atoms with E-state index in [1.807, 2.05) is 6.92 Å². The largest absolute Gasteiger partial charge is 0.497 e. The van der Waals surface area contributed by atoms with Crippen LogP contribution < -0.4 is 15.0 Å². The Morgan fingerprint density at radius 2 is 1.65 bits per heavy atom. The molecule has 0 fully saturated rings. The van der Waals surface area contributed by atoms with Crippen LogP contribution in [-0.4, -0.2) is 33.2 Å². The van der Waals surface area contributed by atoms with Crippen molar-refractivity contribution in [2.75, 3.05) is 13.7 Å². The fourth-order valence-corrected chi connectivity index (χ4v) is 4.23. The van der Waals surface area contributed by atoms with Gasteiger partial charge in [0.15, 0.2) is 9.84 Å². The number of carbonyl (C=O) groups excluding carboxylic acids is 1. The first kappa shape index (κ1) is 19.7. The van der Waals surface area contributed by atoms with E-state index in [-0.39, 0.29) is 4.90 Å². The average molecular weight is 379 g/mol. The summed E-state index contributed by atoms with van der Waals surface area (Å²) in [4.78, 5) is 11.7. The third kappa shape index (κ3) is 4.53. The predicted octanol–water partition coefficient (Wildman–Crippen LogP) is 2.50. The second kappa shape index (κ2) is 8.68. The first-order valence-corrected chi connectivity index (χ1v) is 9.50. The van der Waals surface area contributed by atoms with Crippen molar-refractivity contribution in [3.05, 3.63) is 54.1 Å². The SMILES string of the molecule is CCOc1ccc(C(CC(=O)NO)S(=O)(=O)c2ccc(OC)cc2)cc1. The zero-order valence-corrected chi connectivity index (χ0v) is 15.3. The molecule has 1 atom stereocenters. The van der Waals surface area contributed by atoms with E-state index in [9.17, 15) is 13.2 Å². The Bertz CT molecular complexity index is 831. The Kier molecular flexibility index (Phi) is 6.59. The maximum absolute atomic E-state index is 13.1. The quantitative estimate of drug-likeness (QED) is 0.540. The lowest BCUT2D eigenvalue weighted by atomic mass is 10.1. The van der Waals surface area contributed by atoms with E-state index in [2.05, 4.69) is 0 Å². The highest BCUT2D eigenvalue weighted by molar-refractivity contribution is 7.91. The number of amides is 1. The zero-order chi connectivity index (χ0) is 19.2. The van der Waals surface area contributed by atoms with Gasteiger partial charge < -0.3 is 9.47 Å². The highest BCUT2D eigenvalue weighted by Gasteiger charge is 2.31. The van der Waals surface area contributed by atoms with Crippen LogP contribution in [0.25, 0.3) is 0 Å². The number of hydrogen-bond donors (Lipinski definition) is 2. The lowest BCUT2D eigenvalue weighted by Gasteiger charge is -2.18. The molecule has 0 bridgehead atoms. The van der Waals surface area contributed by atoms with Gasteiger partial charge in [-0.3, -0.25) is 10.0 Å². The second-order valence-corrected chi connectivity index (χ2v) is 7.58. The van der Waals surface area contributed by atoms with E-state index in [0.29, 0.717) is 23.7 Å². The average Bonchev–Trinajstić information content (AvgIpc) is 2.66. The molecular formula is C18H21NO6S. The van der Waals surface area contributed by atoms with E-state index < -0.39 is 27.4 Å². The molecule has 0 heterocycles. The van der Waals surface area contributed by atoms with Gasteiger partial charge in [0.25, 0.3) is 0 Å². The Balaban J connectivity index is 2.43. The van der Waals surface area contributed by atoms with Crippen molar-refractivity contribution in [1.82, 2.24) is 5.48 Å². The second-order valence-electron chi connectivity index (χ2n) is 5.45. The first-order valence-electron chi connectivity index (χ1n) is 7.96. The summed E-state index contributed by atoms with van der Waals surface area (Å²) >= 11 is 0. The molecule has 1 unspecified atom stereocenters. The van der Waals surface area contributed by atoms with Crippen molar-refractivity contribution in [3.63, 3.8) is 0 Å². The number of carbonyl (C=O) groups is 1. The van der Waals surface area contributed by atoms with Gasteiger partial charge in [0.1, 0.15) is 11.5 Å². The molecular weight excluding hydrogens is 358 g/mol. The van der Waals surface area contributed by atoms with Crippen molar-refractivity contribution in [2.45, 2.75) is 23.5 Å².